The predicted molar refractivity (Wildman–Crippen MR) is 159 cm³/mol. The molecule has 1 fully saturated rings. The first-order valence-electron chi connectivity index (χ1n) is 13.7. The summed E-state index contributed by atoms with van der Waals surface area (Å²) in [4.78, 5) is 28.8. The number of anilines is 2. The van der Waals surface area contributed by atoms with Crippen molar-refractivity contribution in [1.82, 2.24) is 5.32 Å². The fraction of sp³-hybridized carbons (Fsp3) is 0.235. The molecule has 0 aromatic heterocycles. The molecule has 0 aliphatic carbocycles. The zero-order valence-electron chi connectivity index (χ0n) is 22.4. The fourth-order valence-corrected chi connectivity index (χ4v) is 5.03. The number of carbonyl (C=O) groups excluding carboxylic acids is 2. The number of piperidine rings is 1. The first-order chi connectivity index (χ1) is 19.1. The summed E-state index contributed by atoms with van der Waals surface area (Å²) < 4.78 is 0. The molecule has 0 radical (unpaired) electrons. The molecule has 198 valence electrons. The molecule has 0 saturated carbocycles. The average Bonchev–Trinajstić information content (AvgIpc) is 2.98. The van der Waals surface area contributed by atoms with Crippen LogP contribution in [0.5, 0.6) is 0 Å². The maximum Gasteiger partial charge on any atom is 0.255 e. The van der Waals surface area contributed by atoms with Crippen LogP contribution in [0.25, 0.3) is 11.1 Å². The van der Waals surface area contributed by atoms with E-state index >= 15 is 0 Å². The van der Waals surface area contributed by atoms with E-state index in [9.17, 15) is 9.59 Å². The quantitative estimate of drug-likeness (QED) is 0.270. The highest BCUT2D eigenvalue weighted by Gasteiger charge is 2.22. The smallest absolute Gasteiger partial charge is 0.255 e. The summed E-state index contributed by atoms with van der Waals surface area (Å²) in [7, 11) is 0. The van der Waals surface area contributed by atoms with Gasteiger partial charge in [0.25, 0.3) is 11.8 Å². The number of nitrogens with one attached hydrogen (secondary N) is 2. The molecule has 1 aliphatic rings. The largest absolute Gasteiger partial charge is 0.371 e. The zero-order chi connectivity index (χ0) is 27.0. The molecule has 1 aliphatic heterocycles. The highest BCUT2D eigenvalue weighted by atomic mass is 16.2. The van der Waals surface area contributed by atoms with E-state index in [2.05, 4.69) is 34.6 Å². The second kappa shape index (κ2) is 12.4. The van der Waals surface area contributed by atoms with Gasteiger partial charge in [-0.15, -0.1) is 0 Å². The van der Waals surface area contributed by atoms with Gasteiger partial charge >= 0.3 is 0 Å². The molecule has 0 bridgehead atoms. The molecular weight excluding hydrogens is 482 g/mol. The SMILES string of the molecule is CC1CCN(c2ccc(NC(=O)c3ccc(-c4ccccc4)cc3)cc2C(=O)NCCc2ccccc2)CC1. The Hall–Kier alpha value is -4.38. The normalized spacial score (nSPS) is 13.6. The minimum Gasteiger partial charge on any atom is -0.371 e. The van der Waals surface area contributed by atoms with Crippen molar-refractivity contribution in [2.45, 2.75) is 26.2 Å². The number of benzene rings is 4. The van der Waals surface area contributed by atoms with Crippen molar-refractivity contribution in [1.29, 1.82) is 0 Å². The third kappa shape index (κ3) is 6.74. The Labute approximate surface area is 230 Å². The van der Waals surface area contributed by atoms with Crippen LogP contribution < -0.4 is 15.5 Å². The molecule has 5 nitrogen and oxygen atoms in total. The molecule has 2 amide bonds. The molecule has 2 N–H and O–H groups in total. The Kier molecular flexibility index (Phi) is 8.37. The van der Waals surface area contributed by atoms with Crippen molar-refractivity contribution in [3.8, 4) is 11.1 Å². The van der Waals surface area contributed by atoms with Crippen LogP contribution in [0.3, 0.4) is 0 Å². The highest BCUT2D eigenvalue weighted by Crippen LogP contribution is 2.29. The molecule has 0 spiro atoms. The van der Waals surface area contributed by atoms with E-state index in [1.165, 1.54) is 5.56 Å². The van der Waals surface area contributed by atoms with Gasteiger partial charge in [0, 0.05) is 36.6 Å². The first kappa shape index (κ1) is 26.2. The van der Waals surface area contributed by atoms with Crippen LogP contribution >= 0.6 is 0 Å². The molecule has 5 heteroatoms. The van der Waals surface area contributed by atoms with E-state index in [1.807, 2.05) is 91.0 Å². The third-order valence-electron chi connectivity index (χ3n) is 7.42. The molecule has 39 heavy (non-hydrogen) atoms. The fourth-order valence-electron chi connectivity index (χ4n) is 5.03. The van der Waals surface area contributed by atoms with Gasteiger partial charge in [0.15, 0.2) is 0 Å². The summed E-state index contributed by atoms with van der Waals surface area (Å²) in [5.41, 5.74) is 6.03. The number of nitrogens with zero attached hydrogens (tertiary/aromatic N) is 1. The maximum atomic E-state index is 13.4. The van der Waals surface area contributed by atoms with Gasteiger partial charge in [0.05, 0.1) is 5.56 Å². The third-order valence-corrected chi connectivity index (χ3v) is 7.42. The second-order valence-corrected chi connectivity index (χ2v) is 10.3. The Morgan fingerprint density at radius 2 is 1.41 bits per heavy atom. The van der Waals surface area contributed by atoms with Crippen molar-refractivity contribution >= 4 is 23.2 Å². The minimum atomic E-state index is -0.204. The van der Waals surface area contributed by atoms with Crippen LogP contribution in [0.15, 0.2) is 103 Å². The van der Waals surface area contributed by atoms with Gasteiger partial charge in [-0.25, -0.2) is 0 Å². The summed E-state index contributed by atoms with van der Waals surface area (Å²) in [6.45, 7) is 4.67. The Balaban J connectivity index is 1.31. The van der Waals surface area contributed by atoms with E-state index in [-0.39, 0.29) is 11.8 Å². The number of hydrogen-bond donors (Lipinski definition) is 2. The van der Waals surface area contributed by atoms with Gasteiger partial charge in [-0.1, -0.05) is 79.7 Å². The van der Waals surface area contributed by atoms with E-state index in [0.29, 0.717) is 29.3 Å². The Morgan fingerprint density at radius 3 is 2.10 bits per heavy atom. The Morgan fingerprint density at radius 1 is 0.769 bits per heavy atom. The maximum absolute atomic E-state index is 13.4. The molecule has 1 heterocycles. The molecule has 4 aromatic rings. The Bertz CT molecular complexity index is 1390. The van der Waals surface area contributed by atoms with Crippen molar-refractivity contribution in [2.75, 3.05) is 29.9 Å². The van der Waals surface area contributed by atoms with Crippen molar-refractivity contribution in [3.05, 3.63) is 120 Å². The monoisotopic (exact) mass is 517 g/mol. The molecule has 0 atom stereocenters. The first-order valence-corrected chi connectivity index (χ1v) is 13.7. The van der Waals surface area contributed by atoms with Gasteiger partial charge in [-0.2, -0.15) is 0 Å². The summed E-state index contributed by atoms with van der Waals surface area (Å²) in [6.07, 6.45) is 2.97. The lowest BCUT2D eigenvalue weighted by Gasteiger charge is -2.33. The average molecular weight is 518 g/mol. The van der Waals surface area contributed by atoms with Crippen LogP contribution in [-0.2, 0) is 6.42 Å². The summed E-state index contributed by atoms with van der Waals surface area (Å²) in [5.74, 6) is 0.365. The summed E-state index contributed by atoms with van der Waals surface area (Å²) in [6, 6.07) is 33.5. The molecule has 5 rings (SSSR count). The molecule has 0 unspecified atom stereocenters. The standard InChI is InChI=1S/C34H35N3O2/c1-25-19-22-37(23-20-25)32-17-16-30(24-31(32)34(39)35-21-18-26-8-4-2-5-9-26)36-33(38)29-14-12-28(13-15-29)27-10-6-3-7-11-27/h2-17,24-25H,18-23H2,1H3,(H,35,39)(H,36,38). The van der Waals surface area contributed by atoms with E-state index < -0.39 is 0 Å². The lowest BCUT2D eigenvalue weighted by atomic mass is 9.97. The van der Waals surface area contributed by atoms with Crippen LogP contribution in [-0.4, -0.2) is 31.4 Å². The van der Waals surface area contributed by atoms with E-state index in [0.717, 1.165) is 49.2 Å². The minimum absolute atomic E-state index is 0.122. The number of hydrogen-bond acceptors (Lipinski definition) is 3. The molecular formula is C34H35N3O2. The van der Waals surface area contributed by atoms with Crippen molar-refractivity contribution in [3.63, 3.8) is 0 Å². The van der Waals surface area contributed by atoms with Gasteiger partial charge < -0.3 is 15.5 Å². The second-order valence-electron chi connectivity index (χ2n) is 10.3. The zero-order valence-corrected chi connectivity index (χ0v) is 22.4. The van der Waals surface area contributed by atoms with Crippen LogP contribution in [0.2, 0.25) is 0 Å². The number of rotatable bonds is 8. The lowest BCUT2D eigenvalue weighted by Crippen LogP contribution is -2.35. The van der Waals surface area contributed by atoms with Crippen LogP contribution in [0.1, 0.15) is 46.0 Å². The van der Waals surface area contributed by atoms with Gasteiger partial charge in [-0.3, -0.25) is 9.59 Å². The van der Waals surface area contributed by atoms with Gasteiger partial charge in [-0.05, 0) is 72.2 Å². The molecule has 1 saturated heterocycles. The number of amides is 2. The van der Waals surface area contributed by atoms with Crippen molar-refractivity contribution < 1.29 is 9.59 Å². The summed E-state index contributed by atoms with van der Waals surface area (Å²) in [5, 5.41) is 6.09. The van der Waals surface area contributed by atoms with Gasteiger partial charge in [0.2, 0.25) is 0 Å². The topological polar surface area (TPSA) is 61.4 Å². The molecule has 4 aromatic carbocycles. The van der Waals surface area contributed by atoms with Crippen molar-refractivity contribution in [2.24, 2.45) is 5.92 Å². The highest BCUT2D eigenvalue weighted by molar-refractivity contribution is 6.06. The number of carbonyl (C=O) groups is 2. The van der Waals surface area contributed by atoms with E-state index in [4.69, 9.17) is 0 Å². The van der Waals surface area contributed by atoms with Crippen LogP contribution in [0, 0.1) is 5.92 Å². The van der Waals surface area contributed by atoms with Gasteiger partial charge in [0.1, 0.15) is 0 Å². The predicted octanol–water partition coefficient (Wildman–Crippen LogP) is 6.81. The van der Waals surface area contributed by atoms with E-state index in [1.54, 1.807) is 0 Å². The van der Waals surface area contributed by atoms with Crippen LogP contribution in [0.4, 0.5) is 11.4 Å². The summed E-state index contributed by atoms with van der Waals surface area (Å²) >= 11 is 0. The lowest BCUT2D eigenvalue weighted by molar-refractivity contribution is 0.0953.